The van der Waals surface area contributed by atoms with E-state index in [1.54, 1.807) is 0 Å². The minimum Gasteiger partial charge on any atom is -0.313 e. The van der Waals surface area contributed by atoms with Crippen LogP contribution in [0.5, 0.6) is 0 Å². The Bertz CT molecular complexity index is 159. The van der Waals surface area contributed by atoms with E-state index in [4.69, 9.17) is 0 Å². The Morgan fingerprint density at radius 3 is 2.71 bits per heavy atom. The van der Waals surface area contributed by atoms with Crippen LogP contribution in [0.4, 0.5) is 0 Å². The highest BCUT2D eigenvalue weighted by Gasteiger charge is 2.08. The van der Waals surface area contributed by atoms with Crippen LogP contribution in [0.2, 0.25) is 0 Å². The van der Waals surface area contributed by atoms with Gasteiger partial charge in [-0.25, -0.2) is 0 Å². The Hall–Kier alpha value is 0.0100. The standard InChI is InChI=1S/C11H24N2S/c1-6-12-7-10(2)8-13(4)11(3)9-14-5/h11-12H,2,6-9H2,1,3-5H3. The van der Waals surface area contributed by atoms with Crippen molar-refractivity contribution >= 4 is 11.8 Å². The summed E-state index contributed by atoms with van der Waals surface area (Å²) in [4.78, 5) is 2.36. The predicted octanol–water partition coefficient (Wildman–Crippen LogP) is 1.84. The summed E-state index contributed by atoms with van der Waals surface area (Å²) in [5.41, 5.74) is 1.27. The highest BCUT2D eigenvalue weighted by atomic mass is 32.2. The fourth-order valence-corrected chi connectivity index (χ4v) is 1.97. The van der Waals surface area contributed by atoms with E-state index in [1.807, 2.05) is 11.8 Å². The van der Waals surface area contributed by atoms with Crippen LogP contribution in [0.15, 0.2) is 12.2 Å². The zero-order valence-electron chi connectivity index (χ0n) is 9.97. The van der Waals surface area contributed by atoms with Gasteiger partial charge in [0.1, 0.15) is 0 Å². The van der Waals surface area contributed by atoms with E-state index >= 15 is 0 Å². The van der Waals surface area contributed by atoms with Crippen LogP contribution in [0, 0.1) is 0 Å². The molecule has 0 amide bonds. The second kappa shape index (κ2) is 8.33. The molecule has 0 aliphatic carbocycles. The average Bonchev–Trinajstić information content (AvgIpc) is 2.15. The molecule has 1 N–H and O–H groups in total. The Balaban J connectivity index is 3.69. The Morgan fingerprint density at radius 1 is 1.57 bits per heavy atom. The molecule has 0 aliphatic rings. The Morgan fingerprint density at radius 2 is 2.21 bits per heavy atom. The lowest BCUT2D eigenvalue weighted by molar-refractivity contribution is 0.299. The zero-order chi connectivity index (χ0) is 11.0. The zero-order valence-corrected chi connectivity index (χ0v) is 10.8. The number of hydrogen-bond acceptors (Lipinski definition) is 3. The molecule has 0 aromatic heterocycles. The number of thioether (sulfide) groups is 1. The van der Waals surface area contributed by atoms with Gasteiger partial charge >= 0.3 is 0 Å². The molecule has 1 unspecified atom stereocenters. The molecule has 1 atom stereocenters. The highest BCUT2D eigenvalue weighted by molar-refractivity contribution is 7.98. The molecule has 14 heavy (non-hydrogen) atoms. The lowest BCUT2D eigenvalue weighted by atomic mass is 10.2. The van der Waals surface area contributed by atoms with Gasteiger partial charge in [-0.05, 0) is 32.3 Å². The molecular weight excluding hydrogens is 192 g/mol. The van der Waals surface area contributed by atoms with Crippen LogP contribution in [0.3, 0.4) is 0 Å². The maximum Gasteiger partial charge on any atom is 0.0202 e. The van der Waals surface area contributed by atoms with Crippen LogP contribution in [-0.2, 0) is 0 Å². The summed E-state index contributed by atoms with van der Waals surface area (Å²) >= 11 is 1.90. The highest BCUT2D eigenvalue weighted by Crippen LogP contribution is 2.05. The molecule has 0 fully saturated rings. The molecule has 0 saturated carbocycles. The minimum atomic E-state index is 0.628. The summed E-state index contributed by atoms with van der Waals surface area (Å²) in [6.07, 6.45) is 2.15. The lowest BCUT2D eigenvalue weighted by Crippen LogP contribution is -2.34. The van der Waals surface area contributed by atoms with Gasteiger partial charge in [0.2, 0.25) is 0 Å². The summed E-state index contributed by atoms with van der Waals surface area (Å²) in [5.74, 6) is 1.19. The fraction of sp³-hybridized carbons (Fsp3) is 0.818. The molecule has 0 saturated heterocycles. The van der Waals surface area contributed by atoms with Gasteiger partial charge in [-0.1, -0.05) is 13.5 Å². The first-order valence-corrected chi connectivity index (χ1v) is 6.57. The van der Waals surface area contributed by atoms with Crippen molar-refractivity contribution in [1.29, 1.82) is 0 Å². The van der Waals surface area contributed by atoms with Gasteiger partial charge in [0.05, 0.1) is 0 Å². The molecule has 3 heteroatoms. The van der Waals surface area contributed by atoms with E-state index < -0.39 is 0 Å². The van der Waals surface area contributed by atoms with Crippen molar-refractivity contribution in [2.75, 3.05) is 38.7 Å². The summed E-state index contributed by atoms with van der Waals surface area (Å²) in [6.45, 7) is 11.4. The van der Waals surface area contributed by atoms with Gasteiger partial charge in [0.15, 0.2) is 0 Å². The monoisotopic (exact) mass is 216 g/mol. The van der Waals surface area contributed by atoms with Crippen molar-refractivity contribution in [3.63, 3.8) is 0 Å². The van der Waals surface area contributed by atoms with Crippen molar-refractivity contribution in [1.82, 2.24) is 10.2 Å². The van der Waals surface area contributed by atoms with Gasteiger partial charge in [-0.3, -0.25) is 4.90 Å². The molecule has 2 nitrogen and oxygen atoms in total. The average molecular weight is 216 g/mol. The third-order valence-corrected chi connectivity index (χ3v) is 3.07. The second-order valence-corrected chi connectivity index (χ2v) is 4.66. The molecule has 84 valence electrons. The van der Waals surface area contributed by atoms with Crippen molar-refractivity contribution in [3.05, 3.63) is 12.2 Å². The van der Waals surface area contributed by atoms with Gasteiger partial charge in [0, 0.05) is 24.9 Å². The summed E-state index contributed by atoms with van der Waals surface area (Å²) in [6, 6.07) is 0.628. The fourth-order valence-electron chi connectivity index (χ4n) is 1.23. The molecule has 0 bridgehead atoms. The van der Waals surface area contributed by atoms with Crippen LogP contribution < -0.4 is 5.32 Å². The SMILES string of the molecule is C=C(CNCC)CN(C)C(C)CSC. The number of nitrogens with zero attached hydrogens (tertiary/aromatic N) is 1. The van der Waals surface area contributed by atoms with Crippen molar-refractivity contribution < 1.29 is 0 Å². The third kappa shape index (κ3) is 6.46. The number of nitrogens with one attached hydrogen (secondary N) is 1. The largest absolute Gasteiger partial charge is 0.313 e. The van der Waals surface area contributed by atoms with E-state index in [-0.39, 0.29) is 0 Å². The number of rotatable bonds is 8. The first-order chi connectivity index (χ1) is 6.61. The topological polar surface area (TPSA) is 15.3 Å². The second-order valence-electron chi connectivity index (χ2n) is 3.75. The smallest absolute Gasteiger partial charge is 0.0202 e. The maximum absolute atomic E-state index is 4.06. The number of hydrogen-bond donors (Lipinski definition) is 1. The number of likely N-dealkylation sites (N-methyl/N-ethyl adjacent to an activating group) is 2. The van der Waals surface area contributed by atoms with Crippen molar-refractivity contribution in [3.8, 4) is 0 Å². The third-order valence-electron chi connectivity index (χ3n) is 2.26. The van der Waals surface area contributed by atoms with E-state index in [0.717, 1.165) is 19.6 Å². The Labute approximate surface area is 93.1 Å². The maximum atomic E-state index is 4.06. The molecule has 0 heterocycles. The van der Waals surface area contributed by atoms with E-state index in [9.17, 15) is 0 Å². The lowest BCUT2D eigenvalue weighted by Gasteiger charge is -2.24. The van der Waals surface area contributed by atoms with E-state index in [0.29, 0.717) is 6.04 Å². The molecule has 0 rings (SSSR count). The normalized spacial score (nSPS) is 13.2. The van der Waals surface area contributed by atoms with Gasteiger partial charge < -0.3 is 5.32 Å². The first-order valence-electron chi connectivity index (χ1n) is 5.18. The quantitative estimate of drug-likeness (QED) is 0.623. The summed E-state index contributed by atoms with van der Waals surface area (Å²) in [5, 5.41) is 3.29. The van der Waals surface area contributed by atoms with Gasteiger partial charge in [-0.2, -0.15) is 11.8 Å². The molecule has 0 aromatic carbocycles. The summed E-state index contributed by atoms with van der Waals surface area (Å²) < 4.78 is 0. The molecule has 0 spiro atoms. The van der Waals surface area contributed by atoms with Crippen molar-refractivity contribution in [2.45, 2.75) is 19.9 Å². The molecule has 0 aliphatic heterocycles. The van der Waals surface area contributed by atoms with Crippen LogP contribution >= 0.6 is 11.8 Å². The first kappa shape index (κ1) is 14.0. The minimum absolute atomic E-state index is 0.628. The molecular formula is C11H24N2S. The van der Waals surface area contributed by atoms with Crippen LogP contribution in [0.25, 0.3) is 0 Å². The van der Waals surface area contributed by atoms with Crippen LogP contribution in [-0.4, -0.2) is 49.6 Å². The molecule has 0 radical (unpaired) electrons. The van der Waals surface area contributed by atoms with Gasteiger partial charge in [0.25, 0.3) is 0 Å². The van der Waals surface area contributed by atoms with E-state index in [2.05, 4.69) is 43.9 Å². The van der Waals surface area contributed by atoms with Crippen LogP contribution in [0.1, 0.15) is 13.8 Å². The van der Waals surface area contributed by atoms with E-state index in [1.165, 1.54) is 11.3 Å². The predicted molar refractivity (Wildman–Crippen MR) is 68.2 cm³/mol. The Kier molecular flexibility index (Phi) is 8.34. The molecule has 0 aromatic rings. The van der Waals surface area contributed by atoms with Crippen molar-refractivity contribution in [2.24, 2.45) is 0 Å². The summed E-state index contributed by atoms with van der Waals surface area (Å²) in [7, 11) is 2.16. The van der Waals surface area contributed by atoms with Gasteiger partial charge in [-0.15, -0.1) is 0 Å².